The summed E-state index contributed by atoms with van der Waals surface area (Å²) in [6, 6.07) is 0. The molecule has 116 valence electrons. The second kappa shape index (κ2) is 8.82. The number of aliphatic imine (C=N–C) groups is 1. The summed E-state index contributed by atoms with van der Waals surface area (Å²) >= 11 is 0. The molecular weight excluding hydrogens is 252 g/mol. The van der Waals surface area contributed by atoms with Gasteiger partial charge in [-0.15, -0.1) is 0 Å². The van der Waals surface area contributed by atoms with Crippen LogP contribution in [0.3, 0.4) is 0 Å². The lowest BCUT2D eigenvalue weighted by Crippen LogP contribution is -2.40. The minimum absolute atomic E-state index is 0.00312. The molecule has 0 aromatic rings. The molecule has 1 heterocycles. The maximum atomic E-state index is 10.8. The van der Waals surface area contributed by atoms with Crippen molar-refractivity contribution in [1.29, 1.82) is 0 Å². The summed E-state index contributed by atoms with van der Waals surface area (Å²) in [6.45, 7) is 12.5. The Morgan fingerprint density at radius 2 is 2.15 bits per heavy atom. The molecule has 1 aliphatic rings. The van der Waals surface area contributed by atoms with E-state index in [1.54, 1.807) is 0 Å². The van der Waals surface area contributed by atoms with Crippen LogP contribution in [-0.2, 0) is 4.79 Å². The molecule has 5 nitrogen and oxygen atoms in total. The number of amides is 1. The maximum absolute atomic E-state index is 10.8. The first-order valence-electron chi connectivity index (χ1n) is 7.80. The first-order valence-corrected chi connectivity index (χ1v) is 7.80. The predicted molar refractivity (Wildman–Crippen MR) is 83.8 cm³/mol. The lowest BCUT2D eigenvalue weighted by Gasteiger charge is -2.22. The van der Waals surface area contributed by atoms with Gasteiger partial charge in [0.25, 0.3) is 0 Å². The molecule has 20 heavy (non-hydrogen) atoms. The number of likely N-dealkylation sites (tertiary alicyclic amines) is 1. The van der Waals surface area contributed by atoms with Crippen LogP contribution in [0.15, 0.2) is 4.99 Å². The monoisotopic (exact) mass is 282 g/mol. The molecule has 1 atom stereocenters. The van der Waals surface area contributed by atoms with Gasteiger partial charge in [-0.3, -0.25) is 9.79 Å². The van der Waals surface area contributed by atoms with Crippen molar-refractivity contribution < 1.29 is 4.79 Å². The van der Waals surface area contributed by atoms with Gasteiger partial charge in [0, 0.05) is 33.1 Å². The van der Waals surface area contributed by atoms with Gasteiger partial charge < -0.3 is 15.5 Å². The van der Waals surface area contributed by atoms with Crippen LogP contribution in [0.1, 0.15) is 40.5 Å². The predicted octanol–water partition coefficient (Wildman–Crippen LogP) is 1.46. The summed E-state index contributed by atoms with van der Waals surface area (Å²) in [6.07, 6.45) is 2.55. The van der Waals surface area contributed by atoms with Gasteiger partial charge in [0.1, 0.15) is 0 Å². The van der Waals surface area contributed by atoms with Gasteiger partial charge >= 0.3 is 0 Å². The fourth-order valence-corrected chi connectivity index (χ4v) is 2.70. The van der Waals surface area contributed by atoms with Gasteiger partial charge in [0.2, 0.25) is 5.91 Å². The van der Waals surface area contributed by atoms with E-state index in [4.69, 9.17) is 0 Å². The molecule has 0 radical (unpaired) electrons. The van der Waals surface area contributed by atoms with Crippen LogP contribution in [0.2, 0.25) is 0 Å². The van der Waals surface area contributed by atoms with Crippen molar-refractivity contribution in [3.8, 4) is 0 Å². The molecule has 0 aromatic heterocycles. The highest BCUT2D eigenvalue weighted by Gasteiger charge is 2.25. The van der Waals surface area contributed by atoms with Crippen molar-refractivity contribution in [3.05, 3.63) is 0 Å². The Morgan fingerprint density at radius 1 is 1.40 bits per heavy atom. The Morgan fingerprint density at radius 3 is 2.75 bits per heavy atom. The summed E-state index contributed by atoms with van der Waals surface area (Å²) in [5, 5.41) is 6.13. The van der Waals surface area contributed by atoms with Crippen LogP contribution in [0, 0.1) is 11.8 Å². The van der Waals surface area contributed by atoms with E-state index in [2.05, 4.69) is 41.3 Å². The van der Waals surface area contributed by atoms with E-state index >= 15 is 0 Å². The number of carbonyl (C=O) groups is 1. The third-order valence-corrected chi connectivity index (χ3v) is 3.47. The second-order valence-corrected chi connectivity index (χ2v) is 5.95. The van der Waals surface area contributed by atoms with Crippen LogP contribution in [-0.4, -0.2) is 49.5 Å². The molecule has 1 aliphatic heterocycles. The van der Waals surface area contributed by atoms with Crippen LogP contribution >= 0.6 is 0 Å². The zero-order valence-corrected chi connectivity index (χ0v) is 13.4. The number of rotatable bonds is 6. The smallest absolute Gasteiger partial charge is 0.216 e. The number of hydrogen-bond donors (Lipinski definition) is 2. The van der Waals surface area contributed by atoms with Gasteiger partial charge in [-0.2, -0.15) is 0 Å². The normalized spacial score (nSPS) is 19.6. The average Bonchev–Trinajstić information content (AvgIpc) is 2.80. The van der Waals surface area contributed by atoms with Crippen molar-refractivity contribution in [2.45, 2.75) is 40.5 Å². The SMILES string of the molecule is CCNC(=NCCNC(C)=O)N1CCC(CC(C)C)C1. The number of carbonyl (C=O) groups excluding carboxylic acids is 1. The fraction of sp³-hybridized carbons (Fsp3) is 0.867. The molecule has 5 heteroatoms. The van der Waals surface area contributed by atoms with Crippen LogP contribution in [0.4, 0.5) is 0 Å². The van der Waals surface area contributed by atoms with Gasteiger partial charge in [-0.05, 0) is 31.6 Å². The molecule has 0 spiro atoms. The third-order valence-electron chi connectivity index (χ3n) is 3.47. The lowest BCUT2D eigenvalue weighted by molar-refractivity contribution is -0.118. The molecule has 1 amide bonds. The van der Waals surface area contributed by atoms with Crippen molar-refractivity contribution in [2.75, 3.05) is 32.7 Å². The maximum Gasteiger partial charge on any atom is 0.216 e. The second-order valence-electron chi connectivity index (χ2n) is 5.95. The largest absolute Gasteiger partial charge is 0.357 e. The average molecular weight is 282 g/mol. The third kappa shape index (κ3) is 6.26. The summed E-state index contributed by atoms with van der Waals surface area (Å²) in [7, 11) is 0. The summed E-state index contributed by atoms with van der Waals surface area (Å²) < 4.78 is 0. The van der Waals surface area contributed by atoms with Crippen LogP contribution in [0.25, 0.3) is 0 Å². The zero-order valence-electron chi connectivity index (χ0n) is 13.4. The lowest BCUT2D eigenvalue weighted by atomic mass is 9.97. The highest BCUT2D eigenvalue weighted by Crippen LogP contribution is 2.23. The quantitative estimate of drug-likeness (QED) is 0.440. The van der Waals surface area contributed by atoms with Crippen molar-refractivity contribution in [3.63, 3.8) is 0 Å². The van der Waals surface area contributed by atoms with E-state index in [9.17, 15) is 4.79 Å². The van der Waals surface area contributed by atoms with Crippen LogP contribution in [0.5, 0.6) is 0 Å². The fourth-order valence-electron chi connectivity index (χ4n) is 2.70. The molecule has 1 unspecified atom stereocenters. The van der Waals surface area contributed by atoms with E-state index in [-0.39, 0.29) is 5.91 Å². The molecular formula is C15H30N4O. The number of nitrogens with one attached hydrogen (secondary N) is 2. The van der Waals surface area contributed by atoms with Gasteiger partial charge in [0.15, 0.2) is 5.96 Å². The van der Waals surface area contributed by atoms with E-state index in [1.807, 2.05) is 0 Å². The summed E-state index contributed by atoms with van der Waals surface area (Å²) in [5.41, 5.74) is 0. The van der Waals surface area contributed by atoms with Crippen molar-refractivity contribution in [1.82, 2.24) is 15.5 Å². The molecule has 1 saturated heterocycles. The minimum atomic E-state index is 0.00312. The minimum Gasteiger partial charge on any atom is -0.357 e. The Balaban J connectivity index is 2.45. The van der Waals surface area contributed by atoms with E-state index in [1.165, 1.54) is 19.8 Å². The van der Waals surface area contributed by atoms with Crippen molar-refractivity contribution in [2.24, 2.45) is 16.8 Å². The van der Waals surface area contributed by atoms with Crippen molar-refractivity contribution >= 4 is 11.9 Å². The van der Waals surface area contributed by atoms with E-state index in [0.29, 0.717) is 13.1 Å². The first kappa shape index (κ1) is 16.8. The first-order chi connectivity index (χ1) is 9.52. The highest BCUT2D eigenvalue weighted by atomic mass is 16.1. The molecule has 2 N–H and O–H groups in total. The molecule has 1 rings (SSSR count). The highest BCUT2D eigenvalue weighted by molar-refractivity contribution is 5.80. The Labute approximate surface area is 123 Å². The van der Waals surface area contributed by atoms with Gasteiger partial charge in [-0.1, -0.05) is 13.8 Å². The molecule has 0 aromatic carbocycles. The number of nitrogens with zero attached hydrogens (tertiary/aromatic N) is 2. The summed E-state index contributed by atoms with van der Waals surface area (Å²) in [5.74, 6) is 2.54. The Hall–Kier alpha value is -1.26. The Kier molecular flexibility index (Phi) is 7.41. The molecule has 0 bridgehead atoms. The van der Waals surface area contributed by atoms with Gasteiger partial charge in [0.05, 0.1) is 6.54 Å². The molecule has 0 aliphatic carbocycles. The Bertz CT molecular complexity index is 328. The standard InChI is InChI=1S/C15H30N4O/c1-5-16-15(18-8-7-17-13(4)20)19-9-6-14(11-19)10-12(2)3/h12,14H,5-11H2,1-4H3,(H,16,18)(H,17,20). The molecule has 0 saturated carbocycles. The molecule has 1 fully saturated rings. The number of guanidine groups is 1. The van der Waals surface area contributed by atoms with Gasteiger partial charge in [-0.25, -0.2) is 0 Å². The number of hydrogen-bond acceptors (Lipinski definition) is 2. The van der Waals surface area contributed by atoms with E-state index in [0.717, 1.165) is 37.4 Å². The van der Waals surface area contributed by atoms with Crippen LogP contribution < -0.4 is 10.6 Å². The zero-order chi connectivity index (χ0) is 15.0. The summed E-state index contributed by atoms with van der Waals surface area (Å²) in [4.78, 5) is 17.8. The van der Waals surface area contributed by atoms with E-state index < -0.39 is 0 Å². The topological polar surface area (TPSA) is 56.7 Å².